The summed E-state index contributed by atoms with van der Waals surface area (Å²) in [4.78, 5) is 13.9. The lowest BCUT2D eigenvalue weighted by Gasteiger charge is -2.18. The van der Waals surface area contributed by atoms with Gasteiger partial charge in [0.05, 0.1) is 6.42 Å². The topological polar surface area (TPSA) is 32.3 Å². The van der Waals surface area contributed by atoms with Gasteiger partial charge in [0, 0.05) is 23.7 Å². The highest BCUT2D eigenvalue weighted by atomic mass is 35.5. The molecule has 1 aromatic rings. The van der Waals surface area contributed by atoms with Gasteiger partial charge in [0.1, 0.15) is 5.82 Å². The molecule has 0 radical (unpaired) electrons. The molecule has 0 aromatic heterocycles. The van der Waals surface area contributed by atoms with Gasteiger partial charge >= 0.3 is 0 Å². The van der Waals surface area contributed by atoms with E-state index in [4.69, 9.17) is 11.6 Å². The summed E-state index contributed by atoms with van der Waals surface area (Å²) < 4.78 is 13.5. The van der Waals surface area contributed by atoms with E-state index in [-0.39, 0.29) is 17.9 Å². The average molecular weight is 287 g/mol. The standard InChI is InChI=1S/C14H20ClFN2O/c1-3-18(4-2)9-8-17-14(19)10-11-12(15)6-5-7-13(11)16/h5-7H,3-4,8-10H2,1-2H3,(H,17,19). The average Bonchev–Trinajstić information content (AvgIpc) is 2.39. The van der Waals surface area contributed by atoms with E-state index >= 15 is 0 Å². The number of likely N-dealkylation sites (N-methyl/N-ethyl adjacent to an activating group) is 1. The largest absolute Gasteiger partial charge is 0.355 e. The van der Waals surface area contributed by atoms with Crippen molar-refractivity contribution in [3.8, 4) is 0 Å². The molecule has 5 heteroatoms. The Morgan fingerprint density at radius 1 is 1.37 bits per heavy atom. The first-order chi connectivity index (χ1) is 9.08. The van der Waals surface area contributed by atoms with Gasteiger partial charge in [-0.05, 0) is 25.2 Å². The first-order valence-electron chi connectivity index (χ1n) is 6.50. The molecule has 1 rings (SSSR count). The normalized spacial score (nSPS) is 10.8. The van der Waals surface area contributed by atoms with Crippen molar-refractivity contribution in [2.24, 2.45) is 0 Å². The maximum absolute atomic E-state index is 13.5. The van der Waals surface area contributed by atoms with Crippen LogP contribution < -0.4 is 5.32 Å². The van der Waals surface area contributed by atoms with Gasteiger partial charge in [0.2, 0.25) is 5.91 Å². The summed E-state index contributed by atoms with van der Waals surface area (Å²) in [6.07, 6.45) is -0.0241. The Kier molecular flexibility index (Phi) is 6.81. The predicted octanol–water partition coefficient (Wildman–Crippen LogP) is 2.48. The van der Waals surface area contributed by atoms with E-state index in [0.717, 1.165) is 19.6 Å². The fourth-order valence-corrected chi connectivity index (χ4v) is 2.05. The number of hydrogen-bond donors (Lipinski definition) is 1. The number of nitrogens with one attached hydrogen (secondary N) is 1. The van der Waals surface area contributed by atoms with Crippen molar-refractivity contribution < 1.29 is 9.18 Å². The van der Waals surface area contributed by atoms with E-state index in [0.29, 0.717) is 11.6 Å². The molecule has 19 heavy (non-hydrogen) atoms. The fourth-order valence-electron chi connectivity index (χ4n) is 1.82. The van der Waals surface area contributed by atoms with Gasteiger partial charge in [-0.3, -0.25) is 4.79 Å². The van der Waals surface area contributed by atoms with E-state index in [9.17, 15) is 9.18 Å². The zero-order chi connectivity index (χ0) is 14.3. The number of carbonyl (C=O) groups excluding carboxylic acids is 1. The minimum atomic E-state index is -0.439. The Bertz CT molecular complexity index is 402. The molecule has 0 aliphatic heterocycles. The highest BCUT2D eigenvalue weighted by molar-refractivity contribution is 6.31. The van der Waals surface area contributed by atoms with Gasteiger partial charge in [0.25, 0.3) is 0 Å². The van der Waals surface area contributed by atoms with Crippen LogP contribution in [0.15, 0.2) is 18.2 Å². The summed E-state index contributed by atoms with van der Waals surface area (Å²) >= 11 is 5.87. The smallest absolute Gasteiger partial charge is 0.224 e. The van der Waals surface area contributed by atoms with Crippen LogP contribution in [-0.2, 0) is 11.2 Å². The Balaban J connectivity index is 2.43. The summed E-state index contributed by atoms with van der Waals surface area (Å²) in [5.74, 6) is -0.648. The SMILES string of the molecule is CCN(CC)CCNC(=O)Cc1c(F)cccc1Cl. The van der Waals surface area contributed by atoms with Crippen molar-refractivity contribution in [2.45, 2.75) is 20.3 Å². The second-order valence-electron chi connectivity index (χ2n) is 4.25. The molecule has 0 spiro atoms. The Hall–Kier alpha value is -1.13. The van der Waals surface area contributed by atoms with E-state index in [1.54, 1.807) is 6.07 Å². The third-order valence-corrected chi connectivity index (χ3v) is 3.40. The molecule has 0 heterocycles. The van der Waals surface area contributed by atoms with Crippen LogP contribution in [0.3, 0.4) is 0 Å². The third-order valence-electron chi connectivity index (χ3n) is 3.04. The molecule has 3 nitrogen and oxygen atoms in total. The first kappa shape index (κ1) is 15.9. The highest BCUT2D eigenvalue weighted by Crippen LogP contribution is 2.19. The van der Waals surface area contributed by atoms with Gasteiger partial charge < -0.3 is 10.2 Å². The molecule has 0 unspecified atom stereocenters. The van der Waals surface area contributed by atoms with E-state index < -0.39 is 5.82 Å². The molecular formula is C14H20ClFN2O. The maximum Gasteiger partial charge on any atom is 0.224 e. The van der Waals surface area contributed by atoms with Crippen LogP contribution in [0.4, 0.5) is 4.39 Å². The molecule has 106 valence electrons. The summed E-state index contributed by atoms with van der Waals surface area (Å²) in [5, 5.41) is 3.07. The van der Waals surface area contributed by atoms with Crippen LogP contribution in [0.25, 0.3) is 0 Å². The molecule has 0 aliphatic carbocycles. The molecule has 0 fully saturated rings. The van der Waals surface area contributed by atoms with Crippen molar-refractivity contribution in [1.82, 2.24) is 10.2 Å². The first-order valence-corrected chi connectivity index (χ1v) is 6.88. The molecule has 1 N–H and O–H groups in total. The van der Waals surface area contributed by atoms with Crippen molar-refractivity contribution in [3.63, 3.8) is 0 Å². The predicted molar refractivity (Wildman–Crippen MR) is 75.9 cm³/mol. The molecule has 0 saturated carbocycles. The molecular weight excluding hydrogens is 267 g/mol. The summed E-state index contributed by atoms with van der Waals surface area (Å²) in [6, 6.07) is 4.42. The minimum Gasteiger partial charge on any atom is -0.355 e. The van der Waals surface area contributed by atoms with Crippen LogP contribution in [0.1, 0.15) is 19.4 Å². The second kappa shape index (κ2) is 8.12. The highest BCUT2D eigenvalue weighted by Gasteiger charge is 2.11. The number of hydrogen-bond acceptors (Lipinski definition) is 2. The van der Waals surface area contributed by atoms with E-state index in [1.165, 1.54) is 12.1 Å². The number of halogens is 2. The van der Waals surface area contributed by atoms with Crippen molar-refractivity contribution in [3.05, 3.63) is 34.6 Å². The number of nitrogens with zero attached hydrogens (tertiary/aromatic N) is 1. The Morgan fingerprint density at radius 2 is 2.05 bits per heavy atom. The fraction of sp³-hybridized carbons (Fsp3) is 0.500. The monoisotopic (exact) mass is 286 g/mol. The van der Waals surface area contributed by atoms with Crippen LogP contribution >= 0.6 is 11.6 Å². The van der Waals surface area contributed by atoms with Crippen LogP contribution in [0, 0.1) is 5.82 Å². The molecule has 0 aliphatic rings. The zero-order valence-corrected chi connectivity index (χ0v) is 12.1. The summed E-state index contributed by atoms with van der Waals surface area (Å²) in [7, 11) is 0. The number of carbonyl (C=O) groups is 1. The lowest BCUT2D eigenvalue weighted by molar-refractivity contribution is -0.120. The van der Waals surface area contributed by atoms with Gasteiger partial charge in [-0.2, -0.15) is 0 Å². The molecule has 0 bridgehead atoms. The van der Waals surface area contributed by atoms with Gasteiger partial charge in [-0.1, -0.05) is 31.5 Å². The molecule has 0 saturated heterocycles. The lowest BCUT2D eigenvalue weighted by atomic mass is 10.1. The van der Waals surface area contributed by atoms with Crippen molar-refractivity contribution in [2.75, 3.05) is 26.2 Å². The lowest BCUT2D eigenvalue weighted by Crippen LogP contribution is -2.35. The van der Waals surface area contributed by atoms with Crippen molar-refractivity contribution in [1.29, 1.82) is 0 Å². The number of rotatable bonds is 7. The van der Waals surface area contributed by atoms with Gasteiger partial charge in [-0.25, -0.2) is 4.39 Å². The number of amides is 1. The van der Waals surface area contributed by atoms with Crippen LogP contribution in [0.5, 0.6) is 0 Å². The van der Waals surface area contributed by atoms with E-state index in [1.807, 2.05) is 0 Å². The maximum atomic E-state index is 13.5. The third kappa shape index (κ3) is 5.17. The Labute approximate surface area is 118 Å². The quantitative estimate of drug-likeness (QED) is 0.835. The minimum absolute atomic E-state index is 0.0241. The van der Waals surface area contributed by atoms with E-state index in [2.05, 4.69) is 24.1 Å². The zero-order valence-electron chi connectivity index (χ0n) is 11.4. The van der Waals surface area contributed by atoms with Crippen molar-refractivity contribution >= 4 is 17.5 Å². The number of benzene rings is 1. The summed E-state index contributed by atoms with van der Waals surface area (Å²) in [5.41, 5.74) is 0.254. The molecule has 1 amide bonds. The molecule has 0 atom stereocenters. The van der Waals surface area contributed by atoms with Crippen LogP contribution in [0.2, 0.25) is 5.02 Å². The van der Waals surface area contributed by atoms with Crippen LogP contribution in [-0.4, -0.2) is 37.0 Å². The molecule has 1 aromatic carbocycles. The van der Waals surface area contributed by atoms with Gasteiger partial charge in [0.15, 0.2) is 0 Å². The Morgan fingerprint density at radius 3 is 2.63 bits per heavy atom. The van der Waals surface area contributed by atoms with Gasteiger partial charge in [-0.15, -0.1) is 0 Å². The summed E-state index contributed by atoms with van der Waals surface area (Å²) in [6.45, 7) is 7.40. The second-order valence-corrected chi connectivity index (χ2v) is 4.66.